The van der Waals surface area contributed by atoms with E-state index >= 15 is 0 Å². The van der Waals surface area contributed by atoms with Gasteiger partial charge in [0.25, 0.3) is 0 Å². The fourth-order valence-corrected chi connectivity index (χ4v) is 13.7. The minimum Gasteiger partial charge on any atom is -0.461 e. The van der Waals surface area contributed by atoms with Crippen LogP contribution in [0.1, 0.15) is 56.3 Å². The molecule has 7 bridgehead atoms. The van der Waals surface area contributed by atoms with Crippen LogP contribution in [0.2, 0.25) is 0 Å². The number of carbonyl (C=O) groups excluding carboxylic acids is 3. The van der Waals surface area contributed by atoms with Gasteiger partial charge in [0.2, 0.25) is 11.8 Å². The lowest BCUT2D eigenvalue weighted by Gasteiger charge is -2.70. The molecule has 5 unspecified atom stereocenters. The lowest BCUT2D eigenvalue weighted by Crippen LogP contribution is -2.82. The molecule has 8 rings (SSSR count). The minimum atomic E-state index is -1.70. The molecule has 2 amide bonds. The normalized spacial score (nSPS) is 47.3. The molecule has 13 heteroatoms. The fourth-order valence-electron chi connectivity index (χ4n) is 13.2. The number of amides is 2. The van der Waals surface area contributed by atoms with E-state index in [1.807, 2.05) is 0 Å². The van der Waals surface area contributed by atoms with E-state index in [9.17, 15) is 24.6 Å². The third-order valence-electron chi connectivity index (χ3n) is 14.6. The zero-order valence-electron chi connectivity index (χ0n) is 29.6. The smallest absolute Gasteiger partial charge is 0.340 e. The van der Waals surface area contributed by atoms with E-state index in [0.717, 1.165) is 14.9 Å². The predicted octanol–water partition coefficient (Wildman–Crippen LogP) is 2.64. The van der Waals surface area contributed by atoms with Crippen LogP contribution < -0.4 is 4.90 Å². The summed E-state index contributed by atoms with van der Waals surface area (Å²) in [7, 11) is 6.71. The van der Waals surface area contributed by atoms with Gasteiger partial charge < -0.3 is 33.9 Å². The highest BCUT2D eigenvalue weighted by Gasteiger charge is 2.91. The van der Waals surface area contributed by atoms with E-state index in [0.29, 0.717) is 25.9 Å². The lowest BCUT2D eigenvalue weighted by molar-refractivity contribution is -0.320. The Kier molecular flexibility index (Phi) is 8.40. The SMILES string of the molecule is CCN1C[C@]2(COC(=O)c3cc([125I])ccc3N3C(=O)C[C@H](C)C3=O)CC[C@H](OC)[C@@]34C5C[C@@H]6[C@@H](OC)C[C@@](O)(C5[C@H]6OC)[C@](O)(C(OC)C23)C14. The monoisotopic (exact) mass is 806 g/mol. The van der Waals surface area contributed by atoms with Crippen LogP contribution >= 0.6 is 22.6 Å². The summed E-state index contributed by atoms with van der Waals surface area (Å²) in [6, 6.07) is 4.59. The summed E-state index contributed by atoms with van der Waals surface area (Å²) in [5.74, 6) is -2.49. The van der Waals surface area contributed by atoms with Gasteiger partial charge >= 0.3 is 5.97 Å². The van der Waals surface area contributed by atoms with Crippen LogP contribution in [0, 0.1) is 44.0 Å². The Bertz CT molecular complexity index is 1610. The summed E-state index contributed by atoms with van der Waals surface area (Å²) in [6.07, 6.45) is 0.792. The summed E-state index contributed by atoms with van der Waals surface area (Å²) in [5, 5.41) is 26.6. The molecule has 274 valence electrons. The van der Waals surface area contributed by atoms with Crippen LogP contribution in [-0.2, 0) is 33.3 Å². The molecule has 7 fully saturated rings. The molecular weight excluding hydrogens is 757 g/mol. The third-order valence-corrected chi connectivity index (χ3v) is 15.3. The number of imide groups is 1. The number of carbonyl (C=O) groups is 3. The number of likely N-dealkylation sites (N-methyl/N-ethyl adjacent to an activating group) is 1. The third kappa shape index (κ3) is 4.09. The first-order chi connectivity index (χ1) is 23.8. The van der Waals surface area contributed by atoms with Crippen LogP contribution in [-0.4, -0.2) is 123 Å². The first-order valence-electron chi connectivity index (χ1n) is 18.0. The number of fused-ring (bicyclic) bond motifs is 2. The van der Waals surface area contributed by atoms with Crippen molar-refractivity contribution in [3.05, 3.63) is 27.3 Å². The highest BCUT2D eigenvalue weighted by atomic mass is 125. The number of ether oxygens (including phenoxy) is 5. The van der Waals surface area contributed by atoms with Crippen LogP contribution in [0.5, 0.6) is 0 Å². The highest BCUT2D eigenvalue weighted by molar-refractivity contribution is 14.1. The van der Waals surface area contributed by atoms with Crippen LogP contribution in [0.15, 0.2) is 18.2 Å². The van der Waals surface area contributed by atoms with Gasteiger partial charge in [-0.25, -0.2) is 9.69 Å². The van der Waals surface area contributed by atoms with Crippen molar-refractivity contribution in [3.63, 3.8) is 0 Å². The number of nitrogens with zero attached hydrogens (tertiary/aromatic N) is 2. The lowest BCUT2D eigenvalue weighted by atomic mass is 9.42. The van der Waals surface area contributed by atoms with Crippen LogP contribution in [0.3, 0.4) is 0 Å². The summed E-state index contributed by atoms with van der Waals surface area (Å²) in [6.45, 7) is 4.95. The molecule has 12 nitrogen and oxygen atoms in total. The Labute approximate surface area is 306 Å². The molecule has 50 heavy (non-hydrogen) atoms. The molecule has 0 radical (unpaired) electrons. The number of hydrogen-bond acceptors (Lipinski definition) is 11. The van der Waals surface area contributed by atoms with Crippen molar-refractivity contribution in [1.82, 2.24) is 4.90 Å². The molecule has 7 aliphatic rings. The van der Waals surface area contributed by atoms with E-state index in [2.05, 4.69) is 34.4 Å². The van der Waals surface area contributed by atoms with E-state index < -0.39 is 46.1 Å². The van der Waals surface area contributed by atoms with Crippen molar-refractivity contribution >= 4 is 46.1 Å². The Morgan fingerprint density at radius 1 is 1.08 bits per heavy atom. The number of benzene rings is 1. The summed E-state index contributed by atoms with van der Waals surface area (Å²) in [5.41, 5.74) is -4.18. The summed E-state index contributed by atoms with van der Waals surface area (Å²) < 4.78 is 32.2. The average molecular weight is 807 g/mol. The quantitative estimate of drug-likeness (QED) is 0.216. The summed E-state index contributed by atoms with van der Waals surface area (Å²) >= 11 is 2.11. The first kappa shape index (κ1) is 35.3. The standard InChI is InChI=1S/C37H49IN2O10/c1-7-39-16-34(17-50-32(43)20-13-19(38)8-9-23(20)40-26(41)12-18(2)31(40)42)11-10-25(47-4)36-22-14-21-24(46-3)15-35(44,27(22)28(21)48-5)37(45,33(36)39)30(49-6)29(34)36/h8-9,13,18,21-22,24-25,27-30,33,44-45H,7,10-12,14-17H2,1-6H3/t18-,21+,22?,24-,25-,27?,28-,29?,30?,33?,34-,35+,36-,37-/m0/s1/i38-2. The molecule has 1 aromatic carbocycles. The van der Waals surface area contributed by atoms with Gasteiger partial charge in [-0.15, -0.1) is 0 Å². The second-order valence-electron chi connectivity index (χ2n) is 16.1. The molecule has 2 N–H and O–H groups in total. The second kappa shape index (κ2) is 11.9. The van der Waals surface area contributed by atoms with Crippen LogP contribution in [0.4, 0.5) is 5.69 Å². The molecule has 2 aliphatic heterocycles. The molecule has 1 aromatic rings. The number of halogens is 1. The van der Waals surface area contributed by atoms with Gasteiger partial charge in [-0.2, -0.15) is 0 Å². The first-order valence-corrected chi connectivity index (χ1v) is 19.1. The number of aliphatic hydroxyl groups is 2. The number of piperidine rings is 1. The topological polar surface area (TPSA) is 144 Å². The largest absolute Gasteiger partial charge is 0.461 e. The van der Waals surface area contributed by atoms with E-state index in [1.165, 1.54) is 0 Å². The molecule has 0 aromatic heterocycles. The molecule has 1 spiro atoms. The molecule has 5 saturated carbocycles. The van der Waals surface area contributed by atoms with Crippen molar-refractivity contribution in [3.8, 4) is 0 Å². The van der Waals surface area contributed by atoms with E-state index in [4.69, 9.17) is 23.7 Å². The molecule has 2 heterocycles. The van der Waals surface area contributed by atoms with Gasteiger partial charge in [-0.3, -0.25) is 14.5 Å². The fraction of sp³-hybridized carbons (Fsp3) is 0.757. The second-order valence-corrected chi connectivity index (χ2v) is 17.3. The van der Waals surface area contributed by atoms with Gasteiger partial charge in [0.1, 0.15) is 11.2 Å². The maximum Gasteiger partial charge on any atom is 0.340 e. The van der Waals surface area contributed by atoms with Crippen LogP contribution in [0.25, 0.3) is 0 Å². The van der Waals surface area contributed by atoms with Crippen molar-refractivity contribution < 1.29 is 48.3 Å². The number of likely N-dealkylation sites (tertiary alicyclic amines) is 1. The van der Waals surface area contributed by atoms with Gasteiger partial charge in [-0.1, -0.05) is 13.8 Å². The van der Waals surface area contributed by atoms with Gasteiger partial charge in [0.15, 0.2) is 0 Å². The highest BCUT2D eigenvalue weighted by Crippen LogP contribution is 2.80. The van der Waals surface area contributed by atoms with E-state index in [1.54, 1.807) is 53.6 Å². The average Bonchev–Trinajstić information content (AvgIpc) is 3.63. The van der Waals surface area contributed by atoms with Crippen molar-refractivity contribution in [2.45, 2.75) is 87.6 Å². The molecular formula is C37H49IN2O10. The van der Waals surface area contributed by atoms with Crippen molar-refractivity contribution in [2.24, 2.45) is 40.4 Å². The number of anilines is 1. The van der Waals surface area contributed by atoms with Crippen molar-refractivity contribution in [1.29, 1.82) is 0 Å². The molecule has 14 atom stereocenters. The predicted molar refractivity (Wildman–Crippen MR) is 187 cm³/mol. The van der Waals surface area contributed by atoms with Gasteiger partial charge in [-0.05, 0) is 72.5 Å². The number of methoxy groups -OCH3 is 4. The molecule has 2 saturated heterocycles. The number of hydrogen-bond donors (Lipinski definition) is 2. The Morgan fingerprint density at radius 2 is 1.84 bits per heavy atom. The number of esters is 1. The maximum atomic E-state index is 14.2. The Hall–Kier alpha value is -1.72. The number of rotatable bonds is 9. The van der Waals surface area contributed by atoms with E-state index in [-0.39, 0.29) is 84.5 Å². The summed E-state index contributed by atoms with van der Waals surface area (Å²) in [4.78, 5) is 43.6. The molecule has 5 aliphatic carbocycles. The zero-order valence-corrected chi connectivity index (χ0v) is 31.8. The van der Waals surface area contributed by atoms with Gasteiger partial charge in [0, 0.05) is 85.9 Å². The Morgan fingerprint density at radius 3 is 2.46 bits per heavy atom. The Balaban J connectivity index is 1.24. The maximum absolute atomic E-state index is 14.2. The zero-order chi connectivity index (χ0) is 35.7. The van der Waals surface area contributed by atoms with Crippen molar-refractivity contribution in [2.75, 3.05) is 53.0 Å². The van der Waals surface area contributed by atoms with Gasteiger partial charge in [0.05, 0.1) is 48.3 Å². The minimum absolute atomic E-state index is 0.0324.